The molecule has 5 nitrogen and oxygen atoms in total. The second kappa shape index (κ2) is 9.11. The first-order valence-electron chi connectivity index (χ1n) is 10.4. The van der Waals surface area contributed by atoms with Crippen LogP contribution in [0.5, 0.6) is 5.75 Å². The van der Waals surface area contributed by atoms with Gasteiger partial charge in [-0.05, 0) is 59.0 Å². The average molecular weight is 462 g/mol. The third kappa shape index (κ3) is 5.09. The lowest BCUT2D eigenvalue weighted by Gasteiger charge is -2.19. The molecule has 0 aliphatic carbocycles. The molecule has 0 bridgehead atoms. The van der Waals surface area contributed by atoms with E-state index in [0.717, 1.165) is 15.8 Å². The van der Waals surface area contributed by atoms with Crippen molar-refractivity contribution in [3.8, 4) is 5.75 Å². The number of rotatable bonds is 5. The van der Waals surface area contributed by atoms with Gasteiger partial charge in [-0.3, -0.25) is 4.79 Å². The summed E-state index contributed by atoms with van der Waals surface area (Å²) in [7, 11) is 1.60. The summed E-state index contributed by atoms with van der Waals surface area (Å²) in [6, 6.07) is 19.0. The number of carbonyl (C=O) groups is 1. The van der Waals surface area contributed by atoms with Crippen LogP contribution >= 0.6 is 11.3 Å². The van der Waals surface area contributed by atoms with Crippen LogP contribution in [0.15, 0.2) is 71.8 Å². The minimum atomic E-state index is -0.334. The Balaban J connectivity index is 1.73. The molecule has 1 aromatic heterocycles. The first-order valence-corrected chi connectivity index (χ1v) is 11.3. The van der Waals surface area contributed by atoms with E-state index in [1.54, 1.807) is 31.4 Å². The van der Waals surface area contributed by atoms with Crippen molar-refractivity contribution in [1.29, 1.82) is 0 Å². The summed E-state index contributed by atoms with van der Waals surface area (Å²) in [6.45, 7) is 6.37. The second-order valence-corrected chi connectivity index (χ2v) is 9.58. The number of ether oxygens (including phenoxy) is 1. The maximum atomic E-state index is 13.5. The molecule has 3 aromatic carbocycles. The fourth-order valence-electron chi connectivity index (χ4n) is 3.21. The summed E-state index contributed by atoms with van der Waals surface area (Å²) in [5.41, 5.74) is 3.02. The van der Waals surface area contributed by atoms with E-state index in [4.69, 9.17) is 4.74 Å². The Kier molecular flexibility index (Phi) is 6.24. The predicted molar refractivity (Wildman–Crippen MR) is 132 cm³/mol. The van der Waals surface area contributed by atoms with Crippen LogP contribution in [-0.4, -0.2) is 24.2 Å². The number of fused-ring (bicyclic) bond motifs is 1. The van der Waals surface area contributed by atoms with Gasteiger partial charge in [-0.1, -0.05) is 56.4 Å². The SMILES string of the molecule is COc1ccc2nc(N(/N=C/c3ccc(F)cc3)C(=O)c3ccc(C(C)(C)C)cc3)sc2c1. The van der Waals surface area contributed by atoms with E-state index in [1.807, 2.05) is 30.3 Å². The molecular formula is C26H24FN3O2S. The van der Waals surface area contributed by atoms with Crippen molar-refractivity contribution in [1.82, 2.24) is 4.98 Å². The monoisotopic (exact) mass is 461 g/mol. The van der Waals surface area contributed by atoms with E-state index in [0.29, 0.717) is 22.0 Å². The molecule has 0 fully saturated rings. The van der Waals surface area contributed by atoms with Gasteiger partial charge in [-0.25, -0.2) is 9.37 Å². The standard InChI is InChI=1S/C26H24FN3O2S/c1-26(2,3)19-9-7-18(8-10-19)24(31)30(28-16-17-5-11-20(27)12-6-17)25-29-22-14-13-21(32-4)15-23(22)33-25/h5-16H,1-4H3/b28-16+. The molecule has 4 rings (SSSR count). The van der Waals surface area contributed by atoms with Crippen LogP contribution in [-0.2, 0) is 5.41 Å². The summed E-state index contributed by atoms with van der Waals surface area (Å²) in [6.07, 6.45) is 1.52. The Bertz CT molecular complexity index is 1310. The molecule has 0 aliphatic rings. The highest BCUT2D eigenvalue weighted by atomic mass is 32.1. The number of halogens is 1. The number of hydrogen-bond acceptors (Lipinski definition) is 5. The van der Waals surface area contributed by atoms with Crippen LogP contribution < -0.4 is 9.75 Å². The van der Waals surface area contributed by atoms with Gasteiger partial charge in [0.05, 0.1) is 23.5 Å². The minimum Gasteiger partial charge on any atom is -0.497 e. The second-order valence-electron chi connectivity index (χ2n) is 8.57. The third-order valence-corrected chi connectivity index (χ3v) is 6.14. The Hall–Kier alpha value is -3.58. The highest BCUT2D eigenvalue weighted by molar-refractivity contribution is 7.22. The predicted octanol–water partition coefficient (Wildman–Crippen LogP) is 6.42. The molecule has 1 amide bonds. The van der Waals surface area contributed by atoms with Crippen LogP contribution in [0, 0.1) is 5.82 Å². The quantitative estimate of drug-likeness (QED) is 0.254. The van der Waals surface area contributed by atoms with E-state index in [9.17, 15) is 9.18 Å². The van der Waals surface area contributed by atoms with Crippen molar-refractivity contribution in [2.24, 2.45) is 5.10 Å². The van der Waals surface area contributed by atoms with Gasteiger partial charge in [0.25, 0.3) is 5.91 Å². The zero-order valence-electron chi connectivity index (χ0n) is 18.9. The third-order valence-electron chi connectivity index (χ3n) is 5.15. The molecule has 0 atom stereocenters. The molecular weight excluding hydrogens is 437 g/mol. The van der Waals surface area contributed by atoms with Crippen LogP contribution in [0.3, 0.4) is 0 Å². The normalized spacial score (nSPS) is 11.8. The number of nitrogens with zero attached hydrogens (tertiary/aromatic N) is 3. The molecule has 0 aliphatic heterocycles. The highest BCUT2D eigenvalue weighted by Gasteiger charge is 2.22. The van der Waals surface area contributed by atoms with Crippen LogP contribution in [0.1, 0.15) is 42.3 Å². The number of thiazole rings is 1. The topological polar surface area (TPSA) is 54.8 Å². The lowest BCUT2D eigenvalue weighted by Crippen LogP contribution is -2.25. The Morgan fingerprint density at radius 2 is 1.76 bits per heavy atom. The van der Waals surface area contributed by atoms with E-state index in [2.05, 4.69) is 30.9 Å². The van der Waals surface area contributed by atoms with Gasteiger partial charge in [0.2, 0.25) is 5.13 Å². The lowest BCUT2D eigenvalue weighted by molar-refractivity contribution is 0.0988. The molecule has 4 aromatic rings. The smallest absolute Gasteiger partial charge is 0.280 e. The maximum Gasteiger partial charge on any atom is 0.280 e. The molecule has 0 radical (unpaired) electrons. The van der Waals surface area contributed by atoms with E-state index in [-0.39, 0.29) is 17.1 Å². The molecule has 1 heterocycles. The Morgan fingerprint density at radius 1 is 1.06 bits per heavy atom. The number of amides is 1. The summed E-state index contributed by atoms with van der Waals surface area (Å²) in [4.78, 5) is 18.1. The Labute approximate surface area is 196 Å². The van der Waals surface area contributed by atoms with Crippen molar-refractivity contribution in [3.63, 3.8) is 0 Å². The van der Waals surface area contributed by atoms with Gasteiger partial charge in [0.15, 0.2) is 0 Å². The van der Waals surface area contributed by atoms with Crippen LogP contribution in [0.4, 0.5) is 9.52 Å². The maximum absolute atomic E-state index is 13.5. The van der Waals surface area contributed by atoms with E-state index >= 15 is 0 Å². The van der Waals surface area contributed by atoms with E-state index < -0.39 is 0 Å². The first-order chi connectivity index (χ1) is 15.7. The van der Waals surface area contributed by atoms with Crippen molar-refractivity contribution in [2.75, 3.05) is 12.1 Å². The minimum absolute atomic E-state index is 0.0198. The van der Waals surface area contributed by atoms with Crippen molar-refractivity contribution < 1.29 is 13.9 Å². The number of aromatic nitrogens is 1. The molecule has 168 valence electrons. The van der Waals surface area contributed by atoms with Gasteiger partial charge < -0.3 is 4.74 Å². The highest BCUT2D eigenvalue weighted by Crippen LogP contribution is 2.32. The molecule has 0 N–H and O–H groups in total. The number of hydrazone groups is 1. The largest absolute Gasteiger partial charge is 0.497 e. The van der Waals surface area contributed by atoms with Crippen molar-refractivity contribution >= 4 is 38.8 Å². The molecule has 0 unspecified atom stereocenters. The van der Waals surface area contributed by atoms with Crippen molar-refractivity contribution in [2.45, 2.75) is 26.2 Å². The Morgan fingerprint density at radius 3 is 2.39 bits per heavy atom. The molecule has 33 heavy (non-hydrogen) atoms. The van der Waals surface area contributed by atoms with Gasteiger partial charge in [0.1, 0.15) is 11.6 Å². The number of hydrogen-bond donors (Lipinski definition) is 0. The van der Waals surface area contributed by atoms with Crippen LogP contribution in [0.25, 0.3) is 10.2 Å². The van der Waals surface area contributed by atoms with Crippen LogP contribution in [0.2, 0.25) is 0 Å². The fraction of sp³-hybridized carbons (Fsp3) is 0.192. The molecule has 7 heteroatoms. The molecule has 0 spiro atoms. The number of methoxy groups -OCH3 is 1. The average Bonchev–Trinajstić information content (AvgIpc) is 3.22. The molecule has 0 saturated heterocycles. The summed E-state index contributed by atoms with van der Waals surface area (Å²) in [5, 5.41) is 6.15. The lowest BCUT2D eigenvalue weighted by atomic mass is 9.87. The summed E-state index contributed by atoms with van der Waals surface area (Å²) < 4.78 is 19.4. The fourth-order valence-corrected chi connectivity index (χ4v) is 4.16. The van der Waals surface area contributed by atoms with Crippen molar-refractivity contribution in [3.05, 3.63) is 89.2 Å². The number of benzene rings is 3. The van der Waals surface area contributed by atoms with E-state index in [1.165, 1.54) is 34.7 Å². The van der Waals surface area contributed by atoms with Gasteiger partial charge in [0, 0.05) is 5.56 Å². The number of anilines is 1. The zero-order valence-corrected chi connectivity index (χ0v) is 19.7. The zero-order chi connectivity index (χ0) is 23.6. The molecule has 0 saturated carbocycles. The van der Waals surface area contributed by atoms with Gasteiger partial charge in [-0.2, -0.15) is 10.1 Å². The van der Waals surface area contributed by atoms with Gasteiger partial charge in [-0.15, -0.1) is 0 Å². The first kappa shape index (κ1) is 22.6. The number of carbonyl (C=O) groups excluding carboxylic acids is 1. The summed E-state index contributed by atoms with van der Waals surface area (Å²) in [5.74, 6) is 0.0714. The van der Waals surface area contributed by atoms with Gasteiger partial charge >= 0.3 is 0 Å². The summed E-state index contributed by atoms with van der Waals surface area (Å²) >= 11 is 1.34.